The molecule has 1 amide bonds. The summed E-state index contributed by atoms with van der Waals surface area (Å²) in [6.45, 7) is 6.39. The summed E-state index contributed by atoms with van der Waals surface area (Å²) < 4.78 is 11.6. The molecule has 1 saturated carbocycles. The first-order chi connectivity index (χ1) is 22.4. The second-order valence-corrected chi connectivity index (χ2v) is 13.2. The van der Waals surface area contributed by atoms with Crippen LogP contribution in [0.3, 0.4) is 0 Å². The van der Waals surface area contributed by atoms with E-state index in [0.29, 0.717) is 11.6 Å². The first-order valence-electron chi connectivity index (χ1n) is 15.9. The van der Waals surface area contributed by atoms with Gasteiger partial charge < -0.3 is 25.4 Å². The number of hydrogen-bond donors (Lipinski definition) is 3. The summed E-state index contributed by atoms with van der Waals surface area (Å²) in [5.41, 5.74) is 4.59. The van der Waals surface area contributed by atoms with Crippen LogP contribution < -0.4 is 20.7 Å². The number of aryl methyl sites for hydroxylation is 1. The number of hydrogen-bond acceptors (Lipinski definition) is 8. The van der Waals surface area contributed by atoms with Gasteiger partial charge in [-0.05, 0) is 97.8 Å². The quantitative estimate of drug-likeness (QED) is 0.125. The van der Waals surface area contributed by atoms with Crippen LogP contribution in [0.1, 0.15) is 64.2 Å². The summed E-state index contributed by atoms with van der Waals surface area (Å²) in [7, 11) is 0. The molecule has 3 atom stereocenters. The molecule has 8 nitrogen and oxygen atoms in total. The second kappa shape index (κ2) is 14.9. The van der Waals surface area contributed by atoms with Crippen molar-refractivity contribution in [3.05, 3.63) is 112 Å². The van der Waals surface area contributed by atoms with Gasteiger partial charge in [0.2, 0.25) is 0 Å². The molecule has 1 aliphatic carbocycles. The highest BCUT2D eigenvalue weighted by molar-refractivity contribution is 7.15. The Balaban J connectivity index is 0.990. The Morgan fingerprint density at radius 1 is 1.07 bits per heavy atom. The smallest absolute Gasteiger partial charge is 0.331 e. The van der Waals surface area contributed by atoms with E-state index in [9.17, 15) is 9.59 Å². The Morgan fingerprint density at radius 2 is 1.96 bits per heavy atom. The molecule has 6 rings (SSSR count). The van der Waals surface area contributed by atoms with Gasteiger partial charge in [-0.15, -0.1) is 11.3 Å². The largest absolute Gasteiger partial charge is 0.488 e. The lowest BCUT2D eigenvalue weighted by molar-refractivity contribution is -0.142. The van der Waals surface area contributed by atoms with Crippen molar-refractivity contribution in [3.63, 3.8) is 0 Å². The fourth-order valence-electron chi connectivity index (χ4n) is 5.72. The van der Waals surface area contributed by atoms with Gasteiger partial charge in [0.15, 0.2) is 0 Å². The standard InChI is InChI=1S/C37H40N4O4S/c1-24-8-11-31(44-32-21-39-22-32)19-34(24)37(43)41-25(2)27-6-3-7-28(17-27)35-14-13-33(46-35)23-40-29-10-12-30(18-29)45-36(42)15-9-26-5-4-16-38-20-26/h3-9,11,13-17,19-20,25,29-30,32,39-40H,10,12,18,21-23H2,1-2H3,(H,41,43)/b15-9+/t25-,29+,30-/m1/s1. The molecule has 1 saturated heterocycles. The van der Waals surface area contributed by atoms with Gasteiger partial charge in [0.25, 0.3) is 5.91 Å². The summed E-state index contributed by atoms with van der Waals surface area (Å²) in [6, 6.07) is 22.3. The summed E-state index contributed by atoms with van der Waals surface area (Å²) in [4.78, 5) is 32.0. The van der Waals surface area contributed by atoms with Gasteiger partial charge in [-0.1, -0.05) is 30.3 Å². The van der Waals surface area contributed by atoms with Crippen LogP contribution in [0.25, 0.3) is 16.5 Å². The highest BCUT2D eigenvalue weighted by Gasteiger charge is 2.27. The number of aromatic nitrogens is 1. The van der Waals surface area contributed by atoms with E-state index in [2.05, 4.69) is 51.3 Å². The summed E-state index contributed by atoms with van der Waals surface area (Å²) in [6.07, 6.45) is 9.34. The Hall–Kier alpha value is -4.31. The lowest BCUT2D eigenvalue weighted by Gasteiger charge is -2.28. The van der Waals surface area contributed by atoms with Crippen molar-refractivity contribution < 1.29 is 19.1 Å². The Morgan fingerprint density at radius 3 is 2.76 bits per heavy atom. The van der Waals surface area contributed by atoms with E-state index in [0.717, 1.165) is 66.9 Å². The summed E-state index contributed by atoms with van der Waals surface area (Å²) in [5, 5.41) is 10.0. The minimum absolute atomic E-state index is 0.0706. The molecule has 0 spiro atoms. The van der Waals surface area contributed by atoms with Crippen LogP contribution >= 0.6 is 11.3 Å². The topological polar surface area (TPSA) is 102 Å². The van der Waals surface area contributed by atoms with Gasteiger partial charge in [-0.25, -0.2) is 4.79 Å². The van der Waals surface area contributed by atoms with Crippen molar-refractivity contribution in [1.82, 2.24) is 20.9 Å². The number of carbonyl (C=O) groups excluding carboxylic acids is 2. The first kappa shape index (κ1) is 31.7. The Bertz CT molecular complexity index is 1680. The minimum Gasteiger partial charge on any atom is -0.488 e. The molecular formula is C37H40N4O4S. The SMILES string of the molecule is Cc1ccc(OC2CNC2)cc1C(=O)N[C@H](C)c1cccc(-c2ccc(CN[C@H]3CC[C@@H](OC(=O)/C=C/c4cccnc4)C3)s2)c1. The second-order valence-electron chi connectivity index (χ2n) is 12.0. The minimum atomic E-state index is -0.315. The molecule has 2 aliphatic rings. The van der Waals surface area contributed by atoms with Crippen molar-refractivity contribution in [1.29, 1.82) is 0 Å². The number of nitrogens with zero attached hydrogens (tertiary/aromatic N) is 1. The molecule has 46 heavy (non-hydrogen) atoms. The maximum atomic E-state index is 13.3. The molecule has 1 aliphatic heterocycles. The molecule has 0 unspecified atom stereocenters. The van der Waals surface area contributed by atoms with Crippen LogP contribution in [0.5, 0.6) is 5.75 Å². The first-order valence-corrected chi connectivity index (χ1v) is 16.7. The van der Waals surface area contributed by atoms with Crippen molar-refractivity contribution in [2.24, 2.45) is 0 Å². The van der Waals surface area contributed by atoms with E-state index < -0.39 is 0 Å². The Labute approximate surface area is 274 Å². The normalized spacial score (nSPS) is 18.7. The van der Waals surface area contributed by atoms with Gasteiger partial charge in [0.1, 0.15) is 18.0 Å². The van der Waals surface area contributed by atoms with Crippen LogP contribution in [-0.2, 0) is 16.1 Å². The van der Waals surface area contributed by atoms with Gasteiger partial charge in [0, 0.05) is 59.5 Å². The maximum Gasteiger partial charge on any atom is 0.331 e. The highest BCUT2D eigenvalue weighted by atomic mass is 32.1. The average Bonchev–Trinajstić information content (AvgIpc) is 3.71. The molecule has 238 valence electrons. The van der Waals surface area contributed by atoms with Crippen molar-refractivity contribution in [3.8, 4) is 16.2 Å². The molecule has 0 radical (unpaired) electrons. The fourth-order valence-corrected chi connectivity index (χ4v) is 6.68. The number of amides is 1. The number of nitrogens with one attached hydrogen (secondary N) is 3. The van der Waals surface area contributed by atoms with Gasteiger partial charge in [0.05, 0.1) is 6.04 Å². The van der Waals surface area contributed by atoms with Crippen LogP contribution in [-0.4, -0.2) is 48.2 Å². The number of pyridine rings is 1. The number of rotatable bonds is 12. The van der Waals surface area contributed by atoms with Crippen molar-refractivity contribution in [2.45, 2.75) is 63.9 Å². The lowest BCUT2D eigenvalue weighted by atomic mass is 10.0. The molecule has 4 aromatic rings. The number of esters is 1. The molecule has 3 heterocycles. The number of thiophene rings is 1. The third kappa shape index (κ3) is 8.28. The van der Waals surface area contributed by atoms with Crippen LogP contribution in [0.4, 0.5) is 0 Å². The van der Waals surface area contributed by atoms with Crippen LogP contribution in [0.15, 0.2) is 85.2 Å². The molecule has 2 aromatic carbocycles. The molecule has 2 fully saturated rings. The lowest BCUT2D eigenvalue weighted by Crippen LogP contribution is -2.50. The zero-order chi connectivity index (χ0) is 31.9. The molecule has 3 N–H and O–H groups in total. The number of benzene rings is 2. The fraction of sp³-hybridized carbons (Fsp3) is 0.324. The van der Waals surface area contributed by atoms with Gasteiger partial charge in [-0.2, -0.15) is 0 Å². The summed E-state index contributed by atoms with van der Waals surface area (Å²) in [5.74, 6) is 0.299. The highest BCUT2D eigenvalue weighted by Crippen LogP contribution is 2.31. The predicted molar refractivity (Wildman–Crippen MR) is 182 cm³/mol. The third-order valence-electron chi connectivity index (χ3n) is 8.51. The van der Waals surface area contributed by atoms with E-state index in [1.54, 1.807) is 29.8 Å². The monoisotopic (exact) mass is 636 g/mol. The zero-order valence-electron chi connectivity index (χ0n) is 26.2. The van der Waals surface area contributed by atoms with Crippen molar-refractivity contribution >= 4 is 29.3 Å². The number of ether oxygens (including phenoxy) is 2. The van der Waals surface area contributed by atoms with E-state index in [-0.39, 0.29) is 30.1 Å². The Kier molecular flexibility index (Phi) is 10.2. The molecule has 2 aromatic heterocycles. The van der Waals surface area contributed by atoms with Crippen molar-refractivity contribution in [2.75, 3.05) is 13.1 Å². The molecule has 0 bridgehead atoms. The van der Waals surface area contributed by atoms with E-state index in [1.165, 1.54) is 15.8 Å². The maximum absolute atomic E-state index is 13.3. The van der Waals surface area contributed by atoms with E-state index in [4.69, 9.17) is 9.47 Å². The van der Waals surface area contributed by atoms with Gasteiger partial charge in [-0.3, -0.25) is 9.78 Å². The van der Waals surface area contributed by atoms with E-state index in [1.807, 2.05) is 50.2 Å². The molecular weight excluding hydrogens is 596 g/mol. The van der Waals surface area contributed by atoms with E-state index >= 15 is 0 Å². The predicted octanol–water partition coefficient (Wildman–Crippen LogP) is 6.23. The molecule has 9 heteroatoms. The third-order valence-corrected chi connectivity index (χ3v) is 9.64. The van der Waals surface area contributed by atoms with Gasteiger partial charge >= 0.3 is 5.97 Å². The number of carbonyl (C=O) groups is 2. The zero-order valence-corrected chi connectivity index (χ0v) is 27.0. The summed E-state index contributed by atoms with van der Waals surface area (Å²) >= 11 is 1.76. The van der Waals surface area contributed by atoms with Crippen LogP contribution in [0, 0.1) is 6.92 Å². The van der Waals surface area contributed by atoms with Crippen LogP contribution in [0.2, 0.25) is 0 Å². The average molecular weight is 637 g/mol.